The Morgan fingerprint density at radius 3 is 0.603 bits per heavy atom. The normalized spacial score (nSPS) is 8.77. The summed E-state index contributed by atoms with van der Waals surface area (Å²) in [6.07, 6.45) is 0. The summed E-state index contributed by atoms with van der Waals surface area (Å²) >= 11 is 0. The fourth-order valence-corrected chi connectivity index (χ4v) is 7.91. The van der Waals surface area contributed by atoms with Gasteiger partial charge in [0.1, 0.15) is 0 Å². The second-order valence-corrected chi connectivity index (χ2v) is 16.3. The van der Waals surface area contributed by atoms with Crippen molar-refractivity contribution in [2.75, 3.05) is 0 Å². The van der Waals surface area contributed by atoms with E-state index in [1.807, 2.05) is 125 Å². The van der Waals surface area contributed by atoms with Crippen LogP contribution in [0.25, 0.3) is 53.9 Å². The third-order valence-electron chi connectivity index (χ3n) is 11.6. The zero-order valence-electron chi connectivity index (χ0n) is 55.3. The van der Waals surface area contributed by atoms with Crippen LogP contribution in [0.15, 0.2) is 182 Å². The predicted molar refractivity (Wildman–Crippen MR) is 369 cm³/mol. The van der Waals surface area contributed by atoms with Gasteiger partial charge in [0.15, 0.2) is 0 Å². The Morgan fingerprint density at radius 2 is 0.359 bits per heavy atom. The molecule has 0 unspecified atom stereocenters. The van der Waals surface area contributed by atoms with Crippen LogP contribution in [0.1, 0.15) is 180 Å². The molecule has 0 saturated carbocycles. The second-order valence-electron chi connectivity index (χ2n) is 16.3. The molecule has 0 radical (unpaired) electrons. The van der Waals surface area contributed by atoms with Crippen molar-refractivity contribution in [1.29, 1.82) is 0 Å². The van der Waals surface area contributed by atoms with Gasteiger partial charge in [-0.05, 0) is 156 Å². The number of hydrogen-bond donors (Lipinski definition) is 0. The maximum absolute atomic E-state index is 2.22. The summed E-state index contributed by atoms with van der Waals surface area (Å²) in [5.74, 6) is 0. The quantitative estimate of drug-likeness (QED) is 0.133. The van der Waals surface area contributed by atoms with Gasteiger partial charge in [-0.15, -0.1) is 0 Å². The van der Waals surface area contributed by atoms with Crippen molar-refractivity contribution >= 4 is 53.9 Å². The highest BCUT2D eigenvalue weighted by Gasteiger charge is 2.07. The molecule has 0 fully saturated rings. The lowest BCUT2D eigenvalue weighted by atomic mass is 9.93. The van der Waals surface area contributed by atoms with Crippen molar-refractivity contribution in [3.8, 4) is 0 Å². The molecule has 0 N–H and O–H groups in total. The molecule has 0 nitrogen and oxygen atoms in total. The minimum atomic E-state index is 1.33. The number of rotatable bonds is 0. The van der Waals surface area contributed by atoms with E-state index in [9.17, 15) is 0 Å². The van der Waals surface area contributed by atoms with Crippen molar-refractivity contribution in [3.05, 3.63) is 238 Å². The van der Waals surface area contributed by atoms with Gasteiger partial charge in [0.25, 0.3) is 0 Å². The Bertz CT molecular complexity index is 2720. The molecule has 0 heterocycles. The minimum Gasteiger partial charge on any atom is -0.0683 e. The van der Waals surface area contributed by atoms with Crippen LogP contribution in [0.4, 0.5) is 0 Å². The Kier molecular flexibility index (Phi) is 48.8. The summed E-state index contributed by atoms with van der Waals surface area (Å²) in [5, 5.41) is 13.7. The molecule has 0 atom stereocenters. The third-order valence-corrected chi connectivity index (χ3v) is 11.6. The van der Waals surface area contributed by atoms with Crippen LogP contribution in [-0.4, -0.2) is 0 Å². The number of aryl methyl sites for hydroxylation is 10. The first-order valence-electron chi connectivity index (χ1n) is 30.2. The summed E-state index contributed by atoms with van der Waals surface area (Å²) in [4.78, 5) is 0. The minimum absolute atomic E-state index is 1.33. The molecular weight excluding hydrogens is 937 g/mol. The molecule has 426 valence electrons. The van der Waals surface area contributed by atoms with Gasteiger partial charge in [0.2, 0.25) is 0 Å². The Morgan fingerprint density at radius 1 is 0.167 bits per heavy atom. The smallest absolute Gasteiger partial charge is 0.0146 e. The SMILES string of the molecule is CC.CC.CC.CC.CC.CC.CC.CC.CC.Cc1c2ccccc2c(C)c2ccccc12.Cc1ccc(C)c2ccccc12.Cc1ccc(C)cc1.Cc1ccc2cc(C)ccc2c1.Cc1cccc2c(C)cccc12. The summed E-state index contributed by atoms with van der Waals surface area (Å²) < 4.78 is 0. The van der Waals surface area contributed by atoms with E-state index in [0.717, 1.165) is 0 Å². The average Bonchev–Trinajstić information content (AvgIpc) is 3.52. The Balaban J connectivity index is -0.000000412. The van der Waals surface area contributed by atoms with E-state index in [-0.39, 0.29) is 0 Å². The molecule has 10 aromatic carbocycles. The first-order valence-corrected chi connectivity index (χ1v) is 30.2. The zero-order chi connectivity index (χ0) is 60.8. The lowest BCUT2D eigenvalue weighted by Gasteiger charge is -2.11. The molecule has 0 aliphatic heterocycles. The van der Waals surface area contributed by atoms with E-state index in [0.29, 0.717) is 0 Å². The summed E-state index contributed by atoms with van der Waals surface area (Å²) in [7, 11) is 0. The van der Waals surface area contributed by atoms with Crippen LogP contribution < -0.4 is 0 Å². The molecule has 0 saturated heterocycles. The summed E-state index contributed by atoms with van der Waals surface area (Å²) in [5.41, 5.74) is 13.5. The molecule has 0 spiro atoms. The summed E-state index contributed by atoms with van der Waals surface area (Å²) in [6.45, 7) is 57.5. The van der Waals surface area contributed by atoms with Gasteiger partial charge in [-0.3, -0.25) is 0 Å². The Labute approximate surface area is 482 Å². The van der Waals surface area contributed by atoms with Gasteiger partial charge in [-0.2, -0.15) is 0 Å². The highest BCUT2D eigenvalue weighted by Crippen LogP contribution is 2.31. The largest absolute Gasteiger partial charge is 0.0683 e. The van der Waals surface area contributed by atoms with Crippen molar-refractivity contribution in [1.82, 2.24) is 0 Å². The zero-order valence-corrected chi connectivity index (χ0v) is 55.3. The van der Waals surface area contributed by atoms with Gasteiger partial charge in [0.05, 0.1) is 0 Å². The molecule has 0 heteroatoms. The van der Waals surface area contributed by atoms with Gasteiger partial charge in [-0.25, -0.2) is 0 Å². The van der Waals surface area contributed by atoms with E-state index in [2.05, 4.69) is 251 Å². The molecule has 0 bridgehead atoms. The van der Waals surface area contributed by atoms with Crippen molar-refractivity contribution < 1.29 is 0 Å². The van der Waals surface area contributed by atoms with E-state index >= 15 is 0 Å². The van der Waals surface area contributed by atoms with Crippen molar-refractivity contribution in [2.45, 2.75) is 194 Å². The first kappa shape index (κ1) is 78.0. The molecule has 78 heavy (non-hydrogen) atoms. The van der Waals surface area contributed by atoms with Gasteiger partial charge >= 0.3 is 0 Å². The third kappa shape index (κ3) is 26.2. The van der Waals surface area contributed by atoms with Crippen LogP contribution >= 0.6 is 0 Å². The number of benzene rings is 10. The highest BCUT2D eigenvalue weighted by molar-refractivity contribution is 6.05. The van der Waals surface area contributed by atoms with Crippen LogP contribution in [0.2, 0.25) is 0 Å². The van der Waals surface area contributed by atoms with Crippen LogP contribution in [0, 0.1) is 69.2 Å². The molecule has 0 aliphatic rings. The topological polar surface area (TPSA) is 0 Å². The maximum atomic E-state index is 2.22. The van der Waals surface area contributed by atoms with Gasteiger partial charge < -0.3 is 0 Å². The Hall–Kier alpha value is -6.50. The molecule has 10 aromatic rings. The first-order chi connectivity index (χ1) is 37.9. The van der Waals surface area contributed by atoms with E-state index < -0.39 is 0 Å². The fourth-order valence-electron chi connectivity index (χ4n) is 7.91. The number of fused-ring (bicyclic) bond motifs is 5. The van der Waals surface area contributed by atoms with Crippen molar-refractivity contribution in [2.24, 2.45) is 0 Å². The van der Waals surface area contributed by atoms with E-state index in [4.69, 9.17) is 0 Å². The van der Waals surface area contributed by atoms with Gasteiger partial charge in [0, 0.05) is 0 Å². The van der Waals surface area contributed by atoms with Crippen LogP contribution in [-0.2, 0) is 0 Å². The lowest BCUT2D eigenvalue weighted by Crippen LogP contribution is -1.87. The van der Waals surface area contributed by atoms with E-state index in [1.54, 1.807) is 0 Å². The fraction of sp³-hybridized carbons (Fsp3) is 0.359. The molecule has 10 rings (SSSR count). The van der Waals surface area contributed by atoms with Crippen LogP contribution in [0.5, 0.6) is 0 Å². The molecule has 0 aliphatic carbocycles. The van der Waals surface area contributed by atoms with Crippen LogP contribution in [0.3, 0.4) is 0 Å². The van der Waals surface area contributed by atoms with Gasteiger partial charge in [-0.1, -0.05) is 329 Å². The standard InChI is InChI=1S/C16H14.3C12H12.C8H10.9C2H6/c1-11-13-7-3-5-9-15(13)12(2)16-10-6-4-8-14(11)16;1-9-3-5-12-8-10(2)4-6-11(12)7-9;1-9-5-3-8-12-10(2)6-4-7-11(9)12;1-9-7-8-10(2)12-6-4-3-5-11(9)12;1-7-3-5-8(2)6-4-7;9*1-2/h3-10H,1-2H3;3*3-8H,1-2H3;3-6H,1-2H3;9*1-2H3. The predicted octanol–water partition coefficient (Wildman–Crippen LogP) is 26.5. The summed E-state index contributed by atoms with van der Waals surface area (Å²) in [6, 6.07) is 64.7. The van der Waals surface area contributed by atoms with Crippen molar-refractivity contribution in [3.63, 3.8) is 0 Å². The monoisotopic (exact) mass is 1050 g/mol. The second kappa shape index (κ2) is 48.8. The maximum Gasteiger partial charge on any atom is -0.0146 e. The van der Waals surface area contributed by atoms with E-state index in [1.165, 1.54) is 109 Å². The molecular formula is C78H114. The lowest BCUT2D eigenvalue weighted by molar-refractivity contribution is 1.40. The molecule has 0 aromatic heterocycles. The molecule has 0 amide bonds. The highest BCUT2D eigenvalue weighted by atomic mass is 14.1. The number of hydrogen-bond acceptors (Lipinski definition) is 0. The average molecular weight is 1050 g/mol.